The van der Waals surface area contributed by atoms with Crippen LogP contribution in [0.25, 0.3) is 11.3 Å². The first-order chi connectivity index (χ1) is 12.7. The summed E-state index contributed by atoms with van der Waals surface area (Å²) < 4.78 is 0. The second-order valence-corrected chi connectivity index (χ2v) is 8.69. The molecule has 26 heavy (non-hydrogen) atoms. The van der Waals surface area contributed by atoms with Crippen molar-refractivity contribution in [2.45, 2.75) is 31.1 Å². The smallest absolute Gasteiger partial charge is 0.226 e. The number of carbonyl (C=O) groups excluding carboxylic acids is 1. The second kappa shape index (κ2) is 7.64. The van der Waals surface area contributed by atoms with Crippen LogP contribution in [0.1, 0.15) is 28.8 Å². The third-order valence-corrected chi connectivity index (χ3v) is 6.47. The molecule has 3 nitrogen and oxygen atoms in total. The highest BCUT2D eigenvalue weighted by Crippen LogP contribution is 2.40. The summed E-state index contributed by atoms with van der Waals surface area (Å²) in [7, 11) is 0. The Balaban J connectivity index is 1.26. The van der Waals surface area contributed by atoms with E-state index in [9.17, 15) is 4.79 Å². The van der Waals surface area contributed by atoms with Crippen LogP contribution in [0.2, 0.25) is 0 Å². The van der Waals surface area contributed by atoms with Gasteiger partial charge in [-0.15, -0.1) is 23.1 Å². The fourth-order valence-electron chi connectivity index (χ4n) is 3.05. The number of hydrogen-bond donors (Lipinski definition) is 1. The Labute approximate surface area is 161 Å². The number of carbonyl (C=O) groups is 1. The van der Waals surface area contributed by atoms with Crippen LogP contribution in [0.15, 0.2) is 53.4 Å². The van der Waals surface area contributed by atoms with Crippen molar-refractivity contribution in [3.05, 3.63) is 64.5 Å². The van der Waals surface area contributed by atoms with Gasteiger partial charge in [-0.2, -0.15) is 0 Å². The van der Waals surface area contributed by atoms with E-state index in [-0.39, 0.29) is 5.91 Å². The average molecular weight is 381 g/mol. The number of hydrogen-bond acceptors (Lipinski definition) is 4. The van der Waals surface area contributed by atoms with E-state index in [1.165, 1.54) is 26.5 Å². The number of thioether (sulfide) groups is 1. The molecule has 132 valence electrons. The van der Waals surface area contributed by atoms with Crippen LogP contribution >= 0.6 is 23.1 Å². The van der Waals surface area contributed by atoms with Gasteiger partial charge in [0.2, 0.25) is 5.91 Å². The van der Waals surface area contributed by atoms with E-state index in [1.807, 2.05) is 6.07 Å². The molecule has 1 aliphatic carbocycles. The maximum atomic E-state index is 12.2. The number of amides is 1. The molecule has 0 spiro atoms. The van der Waals surface area contributed by atoms with Gasteiger partial charge in [0.1, 0.15) is 0 Å². The third-order valence-electron chi connectivity index (χ3n) is 4.41. The lowest BCUT2D eigenvalue weighted by molar-refractivity contribution is -0.116. The Kier molecular flexibility index (Phi) is 5.09. The van der Waals surface area contributed by atoms with Crippen LogP contribution in [-0.2, 0) is 11.2 Å². The summed E-state index contributed by atoms with van der Waals surface area (Å²) in [4.78, 5) is 19.3. The molecule has 4 rings (SSSR count). The lowest BCUT2D eigenvalue weighted by atomic mass is 10.1. The van der Waals surface area contributed by atoms with Gasteiger partial charge < -0.3 is 5.32 Å². The first-order valence-electron chi connectivity index (χ1n) is 8.76. The van der Waals surface area contributed by atoms with Gasteiger partial charge in [0.05, 0.1) is 5.69 Å². The zero-order valence-corrected chi connectivity index (χ0v) is 16.3. The van der Waals surface area contributed by atoms with Gasteiger partial charge in [-0.1, -0.05) is 42.0 Å². The van der Waals surface area contributed by atoms with E-state index in [4.69, 9.17) is 0 Å². The number of anilines is 1. The molecule has 1 aliphatic rings. The Morgan fingerprint density at radius 1 is 1.19 bits per heavy atom. The summed E-state index contributed by atoms with van der Waals surface area (Å²) in [6.07, 6.45) is 2.31. The molecular weight excluding hydrogens is 360 g/mol. The Morgan fingerprint density at radius 3 is 2.85 bits per heavy atom. The molecule has 5 heteroatoms. The maximum Gasteiger partial charge on any atom is 0.226 e. The van der Waals surface area contributed by atoms with Crippen LogP contribution in [0.3, 0.4) is 0 Å². The Bertz CT molecular complexity index is 931. The quantitative estimate of drug-likeness (QED) is 0.353. The Hall–Kier alpha value is -2.11. The van der Waals surface area contributed by atoms with Gasteiger partial charge in [0, 0.05) is 28.2 Å². The molecule has 0 unspecified atom stereocenters. The highest BCUT2D eigenvalue weighted by molar-refractivity contribution is 7.99. The summed E-state index contributed by atoms with van der Waals surface area (Å²) in [5.41, 5.74) is 4.84. The Morgan fingerprint density at radius 2 is 2.00 bits per heavy atom. The van der Waals surface area contributed by atoms with Gasteiger partial charge in [0.25, 0.3) is 0 Å². The summed E-state index contributed by atoms with van der Waals surface area (Å²) in [6, 6.07) is 16.9. The fourth-order valence-corrected chi connectivity index (χ4v) is 4.92. The zero-order valence-electron chi connectivity index (χ0n) is 14.6. The number of aromatic nitrogens is 1. The summed E-state index contributed by atoms with van der Waals surface area (Å²) in [5, 5.41) is 3.69. The predicted octanol–water partition coefficient (Wildman–Crippen LogP) is 5.53. The summed E-state index contributed by atoms with van der Waals surface area (Å²) in [6.45, 7) is 2.09. The van der Waals surface area contributed by atoms with Crippen LogP contribution < -0.4 is 5.32 Å². The predicted molar refractivity (Wildman–Crippen MR) is 110 cm³/mol. The molecule has 1 aromatic heterocycles. The zero-order chi connectivity index (χ0) is 17.9. The van der Waals surface area contributed by atoms with Gasteiger partial charge in [0.15, 0.2) is 5.13 Å². The van der Waals surface area contributed by atoms with E-state index in [2.05, 4.69) is 59.7 Å². The van der Waals surface area contributed by atoms with Crippen LogP contribution in [-0.4, -0.2) is 16.6 Å². The van der Waals surface area contributed by atoms with Crippen molar-refractivity contribution >= 4 is 34.1 Å². The van der Waals surface area contributed by atoms with Crippen molar-refractivity contribution < 1.29 is 4.79 Å². The molecule has 1 N–H and O–H groups in total. The van der Waals surface area contributed by atoms with E-state index in [0.29, 0.717) is 6.42 Å². The lowest BCUT2D eigenvalue weighted by Crippen LogP contribution is -2.11. The van der Waals surface area contributed by atoms with Crippen molar-refractivity contribution in [2.24, 2.45) is 0 Å². The first-order valence-corrected chi connectivity index (χ1v) is 10.6. The number of fused-ring (bicyclic) bond motifs is 3. The average Bonchev–Trinajstić information content (AvgIpc) is 3.17. The summed E-state index contributed by atoms with van der Waals surface area (Å²) >= 11 is 3.39. The maximum absolute atomic E-state index is 12.2. The highest BCUT2D eigenvalue weighted by atomic mass is 32.2. The van der Waals surface area contributed by atoms with Gasteiger partial charge in [-0.05, 0) is 36.8 Å². The van der Waals surface area contributed by atoms with Gasteiger partial charge in [-0.3, -0.25) is 4.79 Å². The van der Waals surface area contributed by atoms with Crippen LogP contribution in [0, 0.1) is 6.92 Å². The summed E-state index contributed by atoms with van der Waals surface area (Å²) in [5.74, 6) is 0.994. The molecule has 0 saturated heterocycles. The minimum atomic E-state index is 0.0511. The fraction of sp³-hybridized carbons (Fsp3) is 0.238. The monoisotopic (exact) mass is 380 g/mol. The highest BCUT2D eigenvalue weighted by Gasteiger charge is 2.23. The van der Waals surface area contributed by atoms with E-state index < -0.39 is 0 Å². The lowest BCUT2D eigenvalue weighted by Gasteiger charge is -2.03. The molecule has 2 aromatic carbocycles. The standard InChI is InChI=1S/C21H20N2OS2/c1-14-8-10-16(11-9-14)25-12-4-7-19(24)22-21-23-20-17-6-3-2-5-15(17)13-18(20)26-21/h2-3,5-6,8-11H,4,7,12-13H2,1H3,(H,22,23,24). The van der Waals surface area contributed by atoms with Crippen LogP contribution in [0.4, 0.5) is 5.13 Å². The largest absolute Gasteiger partial charge is 0.302 e. The number of nitrogens with zero attached hydrogens (tertiary/aromatic N) is 1. The first kappa shape index (κ1) is 17.3. The molecule has 1 heterocycles. The number of rotatable bonds is 6. The third kappa shape index (κ3) is 3.84. The molecule has 0 saturated carbocycles. The van der Waals surface area contributed by atoms with E-state index in [1.54, 1.807) is 23.1 Å². The van der Waals surface area contributed by atoms with Gasteiger partial charge in [-0.25, -0.2) is 4.98 Å². The number of aryl methyl sites for hydroxylation is 1. The van der Waals surface area contributed by atoms with Crippen molar-refractivity contribution in [1.29, 1.82) is 0 Å². The normalized spacial score (nSPS) is 11.9. The second-order valence-electron chi connectivity index (χ2n) is 6.44. The minimum Gasteiger partial charge on any atom is -0.302 e. The van der Waals surface area contributed by atoms with Crippen molar-refractivity contribution in [1.82, 2.24) is 4.98 Å². The van der Waals surface area contributed by atoms with Crippen molar-refractivity contribution in [3.8, 4) is 11.3 Å². The molecular formula is C21H20N2OS2. The SMILES string of the molecule is Cc1ccc(SCCCC(=O)Nc2nc3c(s2)Cc2ccccc2-3)cc1. The van der Waals surface area contributed by atoms with Crippen molar-refractivity contribution in [2.75, 3.05) is 11.1 Å². The molecule has 0 radical (unpaired) electrons. The van der Waals surface area contributed by atoms with Crippen molar-refractivity contribution in [3.63, 3.8) is 0 Å². The number of nitrogens with one attached hydrogen (secondary N) is 1. The number of benzene rings is 2. The topological polar surface area (TPSA) is 42.0 Å². The molecule has 1 amide bonds. The molecule has 0 aliphatic heterocycles. The van der Waals surface area contributed by atoms with Gasteiger partial charge >= 0.3 is 0 Å². The van der Waals surface area contributed by atoms with Crippen LogP contribution in [0.5, 0.6) is 0 Å². The molecule has 0 fully saturated rings. The van der Waals surface area contributed by atoms with E-state index in [0.717, 1.165) is 29.4 Å². The minimum absolute atomic E-state index is 0.0511. The molecule has 0 bridgehead atoms. The number of thiazole rings is 1. The van der Waals surface area contributed by atoms with E-state index >= 15 is 0 Å². The molecule has 0 atom stereocenters. The molecule has 3 aromatic rings.